The lowest BCUT2D eigenvalue weighted by Crippen LogP contribution is -2.39. The van der Waals surface area contributed by atoms with E-state index in [0.717, 1.165) is 28.6 Å². The fourth-order valence-corrected chi connectivity index (χ4v) is 5.48. The molecule has 170 valence electrons. The minimum Gasteiger partial charge on any atom is -0.356 e. The van der Waals surface area contributed by atoms with Crippen LogP contribution in [0.25, 0.3) is 0 Å². The number of para-hydroxylation sites is 1. The van der Waals surface area contributed by atoms with Crippen LogP contribution in [0.4, 0.5) is 5.69 Å². The number of amides is 2. The van der Waals surface area contributed by atoms with Crippen LogP contribution in [0, 0.1) is 0 Å². The van der Waals surface area contributed by atoms with E-state index in [2.05, 4.69) is 22.1 Å². The van der Waals surface area contributed by atoms with Gasteiger partial charge in [-0.1, -0.05) is 30.3 Å². The number of likely N-dealkylation sites (tertiary alicyclic amines) is 1. The molecule has 1 fully saturated rings. The first-order valence-electron chi connectivity index (χ1n) is 11.7. The van der Waals surface area contributed by atoms with Crippen molar-refractivity contribution in [2.75, 3.05) is 31.1 Å². The molecule has 1 atom stereocenters. The summed E-state index contributed by atoms with van der Waals surface area (Å²) in [7, 11) is 0. The molecule has 0 unspecified atom stereocenters. The van der Waals surface area contributed by atoms with Crippen LogP contribution >= 0.6 is 11.8 Å². The molecule has 0 bridgehead atoms. The molecular formula is C25H32N4O2S. The SMILES string of the molecule is C[C@H]1CCCCN1CCCNC(=O)CCCN1C(=O)c2cccnc2Sc2ccccc21. The molecule has 1 N–H and O–H groups in total. The van der Waals surface area contributed by atoms with Gasteiger partial charge in [0.05, 0.1) is 11.3 Å². The maximum Gasteiger partial charge on any atom is 0.261 e. The summed E-state index contributed by atoms with van der Waals surface area (Å²) in [6, 6.07) is 12.2. The smallest absolute Gasteiger partial charge is 0.261 e. The highest BCUT2D eigenvalue weighted by Gasteiger charge is 2.27. The molecular weight excluding hydrogens is 420 g/mol. The fourth-order valence-electron chi connectivity index (χ4n) is 4.47. The van der Waals surface area contributed by atoms with Gasteiger partial charge in [0.25, 0.3) is 5.91 Å². The minimum atomic E-state index is -0.0541. The van der Waals surface area contributed by atoms with Crippen LogP contribution in [0.5, 0.6) is 0 Å². The molecule has 1 aromatic heterocycles. The zero-order valence-electron chi connectivity index (χ0n) is 18.8. The first-order valence-corrected chi connectivity index (χ1v) is 12.5. The first-order chi connectivity index (χ1) is 15.6. The molecule has 0 spiro atoms. The van der Waals surface area contributed by atoms with Crippen LogP contribution in [0.3, 0.4) is 0 Å². The van der Waals surface area contributed by atoms with Crippen LogP contribution in [0.15, 0.2) is 52.5 Å². The number of piperidine rings is 1. The van der Waals surface area contributed by atoms with Crippen LogP contribution in [-0.4, -0.2) is 53.9 Å². The number of carbonyl (C=O) groups excluding carboxylic acids is 2. The maximum atomic E-state index is 13.2. The van der Waals surface area contributed by atoms with Crippen molar-refractivity contribution in [3.8, 4) is 0 Å². The van der Waals surface area contributed by atoms with E-state index in [1.807, 2.05) is 30.3 Å². The van der Waals surface area contributed by atoms with Crippen molar-refractivity contribution < 1.29 is 9.59 Å². The third kappa shape index (κ3) is 5.51. The van der Waals surface area contributed by atoms with E-state index in [1.54, 1.807) is 17.2 Å². The standard InChI is InChI=1S/C25H32N4O2S/c1-19-9-4-5-16-28(19)17-8-15-26-23(30)13-7-18-29-21-11-2-3-12-22(21)32-24-20(25(29)31)10-6-14-27-24/h2-3,6,10-12,14,19H,4-5,7-9,13,15-18H2,1H3,(H,26,30)/t19-/m0/s1. The van der Waals surface area contributed by atoms with E-state index in [1.165, 1.54) is 37.6 Å². The zero-order valence-corrected chi connectivity index (χ0v) is 19.6. The second kappa shape index (κ2) is 11.0. The van der Waals surface area contributed by atoms with Gasteiger partial charge < -0.3 is 15.1 Å². The van der Waals surface area contributed by atoms with Gasteiger partial charge in [0.1, 0.15) is 5.03 Å². The Morgan fingerprint density at radius 2 is 2.03 bits per heavy atom. The summed E-state index contributed by atoms with van der Waals surface area (Å²) < 4.78 is 0. The van der Waals surface area contributed by atoms with Crippen LogP contribution in [0.2, 0.25) is 0 Å². The number of fused-ring (bicyclic) bond motifs is 2. The molecule has 2 aromatic rings. The number of carbonyl (C=O) groups is 2. The van der Waals surface area contributed by atoms with E-state index in [-0.39, 0.29) is 11.8 Å². The normalized spacial score (nSPS) is 18.6. The third-order valence-electron chi connectivity index (χ3n) is 6.28. The number of hydrogen-bond acceptors (Lipinski definition) is 5. The highest BCUT2D eigenvalue weighted by Crippen LogP contribution is 2.40. The van der Waals surface area contributed by atoms with E-state index in [0.29, 0.717) is 37.5 Å². The van der Waals surface area contributed by atoms with Crippen molar-refractivity contribution in [1.29, 1.82) is 0 Å². The summed E-state index contributed by atoms with van der Waals surface area (Å²) >= 11 is 1.52. The summed E-state index contributed by atoms with van der Waals surface area (Å²) in [5, 5.41) is 3.78. The quantitative estimate of drug-likeness (QED) is 0.603. The highest BCUT2D eigenvalue weighted by molar-refractivity contribution is 7.99. The van der Waals surface area contributed by atoms with Gasteiger partial charge in [-0.2, -0.15) is 0 Å². The third-order valence-corrected chi connectivity index (χ3v) is 7.36. The average Bonchev–Trinajstić information content (AvgIpc) is 2.92. The lowest BCUT2D eigenvalue weighted by Gasteiger charge is -2.33. The van der Waals surface area contributed by atoms with Crippen molar-refractivity contribution in [1.82, 2.24) is 15.2 Å². The lowest BCUT2D eigenvalue weighted by molar-refractivity contribution is -0.121. The van der Waals surface area contributed by atoms with E-state index in [4.69, 9.17) is 0 Å². The van der Waals surface area contributed by atoms with Gasteiger partial charge in [-0.15, -0.1) is 0 Å². The lowest BCUT2D eigenvalue weighted by atomic mass is 10.0. The largest absolute Gasteiger partial charge is 0.356 e. The number of rotatable bonds is 8. The second-order valence-corrected chi connectivity index (χ2v) is 9.60. The van der Waals surface area contributed by atoms with Gasteiger partial charge in [0.15, 0.2) is 0 Å². The summed E-state index contributed by atoms with van der Waals surface area (Å²) in [5.74, 6) is 0.00491. The number of benzene rings is 1. The Balaban J connectivity index is 1.27. The van der Waals surface area contributed by atoms with Gasteiger partial charge in [-0.05, 0) is 63.4 Å². The van der Waals surface area contributed by atoms with Crippen molar-refractivity contribution in [2.24, 2.45) is 0 Å². The topological polar surface area (TPSA) is 65.5 Å². The van der Waals surface area contributed by atoms with Gasteiger partial charge in [0, 0.05) is 43.2 Å². The van der Waals surface area contributed by atoms with E-state index >= 15 is 0 Å². The molecule has 0 saturated carbocycles. The molecule has 1 saturated heterocycles. The van der Waals surface area contributed by atoms with Crippen LogP contribution in [0.1, 0.15) is 55.8 Å². The number of anilines is 1. The van der Waals surface area contributed by atoms with Crippen LogP contribution in [-0.2, 0) is 4.79 Å². The zero-order chi connectivity index (χ0) is 22.3. The Morgan fingerprint density at radius 3 is 2.91 bits per heavy atom. The maximum absolute atomic E-state index is 13.2. The fraction of sp³-hybridized carbons (Fsp3) is 0.480. The Morgan fingerprint density at radius 1 is 1.16 bits per heavy atom. The number of nitrogens with one attached hydrogen (secondary N) is 1. The Hall–Kier alpha value is -2.38. The molecule has 1 aromatic carbocycles. The molecule has 0 radical (unpaired) electrons. The van der Waals surface area contributed by atoms with E-state index < -0.39 is 0 Å². The Kier molecular flexibility index (Phi) is 7.81. The number of aromatic nitrogens is 1. The predicted octanol–water partition coefficient (Wildman–Crippen LogP) is 4.35. The molecule has 3 heterocycles. The predicted molar refractivity (Wildman–Crippen MR) is 128 cm³/mol. The molecule has 7 heteroatoms. The summed E-state index contributed by atoms with van der Waals surface area (Å²) in [6.07, 6.45) is 7.63. The summed E-state index contributed by atoms with van der Waals surface area (Å²) in [4.78, 5) is 35.3. The van der Waals surface area contributed by atoms with Crippen molar-refractivity contribution in [2.45, 2.75) is 61.4 Å². The summed E-state index contributed by atoms with van der Waals surface area (Å²) in [6.45, 7) is 5.74. The average molecular weight is 453 g/mol. The molecule has 2 amide bonds. The van der Waals surface area contributed by atoms with Gasteiger partial charge in [-0.25, -0.2) is 4.98 Å². The number of pyridine rings is 1. The Bertz CT molecular complexity index is 951. The number of nitrogens with zero attached hydrogens (tertiary/aromatic N) is 3. The van der Waals surface area contributed by atoms with Gasteiger partial charge >= 0.3 is 0 Å². The molecule has 2 aliphatic heterocycles. The molecule has 0 aliphatic carbocycles. The first kappa shape index (κ1) is 22.8. The van der Waals surface area contributed by atoms with Crippen molar-refractivity contribution in [3.63, 3.8) is 0 Å². The molecule has 32 heavy (non-hydrogen) atoms. The highest BCUT2D eigenvalue weighted by atomic mass is 32.2. The Labute approximate surface area is 194 Å². The molecule has 6 nitrogen and oxygen atoms in total. The molecule has 2 aliphatic rings. The molecule has 4 rings (SSSR count). The number of hydrogen-bond donors (Lipinski definition) is 1. The van der Waals surface area contributed by atoms with Crippen molar-refractivity contribution in [3.05, 3.63) is 48.2 Å². The monoisotopic (exact) mass is 452 g/mol. The van der Waals surface area contributed by atoms with Gasteiger partial charge in [0.2, 0.25) is 5.91 Å². The van der Waals surface area contributed by atoms with Gasteiger partial charge in [-0.3, -0.25) is 9.59 Å². The van der Waals surface area contributed by atoms with Crippen LogP contribution < -0.4 is 10.2 Å². The van der Waals surface area contributed by atoms with Crippen molar-refractivity contribution >= 4 is 29.3 Å². The van der Waals surface area contributed by atoms with E-state index in [9.17, 15) is 9.59 Å². The summed E-state index contributed by atoms with van der Waals surface area (Å²) in [5.41, 5.74) is 1.50. The second-order valence-electron chi connectivity index (χ2n) is 8.57. The minimum absolute atomic E-state index is 0.0541.